The second-order valence-corrected chi connectivity index (χ2v) is 10.7. The average Bonchev–Trinajstić information content (AvgIpc) is 3.45. The van der Waals surface area contributed by atoms with Crippen molar-refractivity contribution >= 4 is 10.0 Å². The first kappa shape index (κ1) is 20.3. The topological polar surface area (TPSA) is 89.2 Å². The number of sulfonamides is 1. The summed E-state index contributed by atoms with van der Waals surface area (Å²) in [4.78, 5) is 8.85. The standard InChI is InChI=1S/C23H26N4O3S/c28-31(29,16-19-6-2-1-3-7-19)27-13-5-11-23(17-27,14-18-9-10-18)22-25-21(30-26-22)20-8-4-12-24-15-20/h1-4,6-8,12,15,18H,5,9-11,13-14,16-17H2. The van der Waals surface area contributed by atoms with Crippen molar-refractivity contribution in [3.05, 3.63) is 66.2 Å². The highest BCUT2D eigenvalue weighted by molar-refractivity contribution is 7.88. The zero-order chi connectivity index (χ0) is 21.3. The first-order valence-corrected chi connectivity index (χ1v) is 12.4. The fraction of sp³-hybridized carbons (Fsp3) is 0.435. The highest BCUT2D eigenvalue weighted by atomic mass is 32.2. The summed E-state index contributed by atoms with van der Waals surface area (Å²) in [6.07, 6.45) is 8.33. The van der Waals surface area contributed by atoms with E-state index in [9.17, 15) is 8.42 Å². The summed E-state index contributed by atoms with van der Waals surface area (Å²) in [5.74, 6) is 1.68. The monoisotopic (exact) mass is 438 g/mol. The predicted molar refractivity (Wildman–Crippen MR) is 116 cm³/mol. The van der Waals surface area contributed by atoms with Gasteiger partial charge in [-0.05, 0) is 42.9 Å². The summed E-state index contributed by atoms with van der Waals surface area (Å²) >= 11 is 0. The zero-order valence-corrected chi connectivity index (χ0v) is 18.2. The Morgan fingerprint density at radius 2 is 1.97 bits per heavy atom. The quantitative estimate of drug-likeness (QED) is 0.557. The van der Waals surface area contributed by atoms with Crippen LogP contribution < -0.4 is 0 Å². The molecule has 1 atom stereocenters. The molecule has 8 heteroatoms. The van der Waals surface area contributed by atoms with Gasteiger partial charge >= 0.3 is 0 Å². The molecule has 1 aromatic carbocycles. The van der Waals surface area contributed by atoms with Crippen LogP contribution in [0.1, 0.15) is 43.5 Å². The number of piperidine rings is 1. The van der Waals surface area contributed by atoms with E-state index in [1.807, 2.05) is 42.5 Å². The maximum absolute atomic E-state index is 13.3. The largest absolute Gasteiger partial charge is 0.334 e. The molecular weight excluding hydrogens is 412 g/mol. The van der Waals surface area contributed by atoms with Gasteiger partial charge in [-0.1, -0.05) is 48.3 Å². The van der Waals surface area contributed by atoms with E-state index in [1.54, 1.807) is 16.7 Å². The SMILES string of the molecule is O=S(=O)(Cc1ccccc1)N1CCCC(CC2CC2)(c2noc(-c3cccnc3)n2)C1. The van der Waals surface area contributed by atoms with Crippen molar-refractivity contribution in [1.82, 2.24) is 19.4 Å². The van der Waals surface area contributed by atoms with Gasteiger partial charge in [0.1, 0.15) is 0 Å². The lowest BCUT2D eigenvalue weighted by Gasteiger charge is -2.40. The number of rotatable bonds is 7. The molecule has 0 bridgehead atoms. The van der Waals surface area contributed by atoms with E-state index in [4.69, 9.17) is 9.51 Å². The van der Waals surface area contributed by atoms with Gasteiger partial charge in [0.2, 0.25) is 10.0 Å². The normalized spacial score (nSPS) is 22.5. The lowest BCUT2D eigenvalue weighted by molar-refractivity contribution is 0.190. The summed E-state index contributed by atoms with van der Waals surface area (Å²) in [7, 11) is -3.44. The highest BCUT2D eigenvalue weighted by Crippen LogP contribution is 2.46. The summed E-state index contributed by atoms with van der Waals surface area (Å²) in [5, 5.41) is 4.33. The summed E-state index contributed by atoms with van der Waals surface area (Å²) < 4.78 is 33.7. The molecule has 31 heavy (non-hydrogen) atoms. The van der Waals surface area contributed by atoms with Crippen molar-refractivity contribution in [2.45, 2.75) is 43.3 Å². The molecule has 2 aromatic heterocycles. The zero-order valence-electron chi connectivity index (χ0n) is 17.4. The molecule has 1 saturated carbocycles. The fourth-order valence-electron chi connectivity index (χ4n) is 4.56. The highest BCUT2D eigenvalue weighted by Gasteiger charge is 2.47. The lowest BCUT2D eigenvalue weighted by Crippen LogP contribution is -2.49. The van der Waals surface area contributed by atoms with Crippen LogP contribution in [0.2, 0.25) is 0 Å². The van der Waals surface area contributed by atoms with Crippen molar-refractivity contribution in [2.75, 3.05) is 13.1 Å². The van der Waals surface area contributed by atoms with Gasteiger partial charge in [-0.25, -0.2) is 12.7 Å². The van der Waals surface area contributed by atoms with E-state index >= 15 is 0 Å². The van der Waals surface area contributed by atoms with Crippen molar-refractivity contribution in [3.63, 3.8) is 0 Å². The van der Waals surface area contributed by atoms with E-state index in [-0.39, 0.29) is 5.75 Å². The third-order valence-corrected chi connectivity index (χ3v) is 8.11. The number of hydrogen-bond donors (Lipinski definition) is 0. The Bertz CT molecular complexity index is 1130. The van der Waals surface area contributed by atoms with E-state index in [0.29, 0.717) is 30.7 Å². The number of benzene rings is 1. The number of aromatic nitrogens is 3. The maximum atomic E-state index is 13.3. The van der Waals surface area contributed by atoms with Crippen LogP contribution in [0.3, 0.4) is 0 Å². The van der Waals surface area contributed by atoms with Gasteiger partial charge in [-0.2, -0.15) is 4.98 Å². The third kappa shape index (κ3) is 4.41. The molecule has 2 aliphatic rings. The molecule has 5 rings (SSSR count). The summed E-state index contributed by atoms with van der Waals surface area (Å²) in [6.45, 7) is 0.944. The van der Waals surface area contributed by atoms with Crippen molar-refractivity contribution in [1.29, 1.82) is 0 Å². The molecule has 1 aliphatic heterocycles. The van der Waals surface area contributed by atoms with Crippen LogP contribution in [0.5, 0.6) is 0 Å². The molecule has 3 aromatic rings. The van der Waals surface area contributed by atoms with Gasteiger partial charge in [0.15, 0.2) is 5.82 Å². The van der Waals surface area contributed by atoms with Crippen LogP contribution in [-0.4, -0.2) is 40.9 Å². The van der Waals surface area contributed by atoms with E-state index in [0.717, 1.165) is 30.4 Å². The van der Waals surface area contributed by atoms with Gasteiger partial charge in [0, 0.05) is 30.9 Å². The molecule has 0 N–H and O–H groups in total. The minimum Gasteiger partial charge on any atom is -0.334 e. The van der Waals surface area contributed by atoms with Crippen LogP contribution >= 0.6 is 0 Å². The number of pyridine rings is 1. The van der Waals surface area contributed by atoms with Crippen LogP contribution in [0.4, 0.5) is 0 Å². The second kappa shape index (κ2) is 8.16. The molecule has 1 aliphatic carbocycles. The maximum Gasteiger partial charge on any atom is 0.259 e. The number of hydrogen-bond acceptors (Lipinski definition) is 6. The predicted octanol–water partition coefficient (Wildman–Crippen LogP) is 3.80. The molecule has 0 spiro atoms. The molecule has 3 heterocycles. The Hall–Kier alpha value is -2.58. The molecule has 1 unspecified atom stereocenters. The molecule has 162 valence electrons. The van der Waals surface area contributed by atoms with Crippen molar-refractivity contribution in [2.24, 2.45) is 5.92 Å². The van der Waals surface area contributed by atoms with Crippen LogP contribution in [0.25, 0.3) is 11.5 Å². The minimum atomic E-state index is -3.44. The van der Waals surface area contributed by atoms with Crippen molar-refractivity contribution in [3.8, 4) is 11.5 Å². The Balaban J connectivity index is 1.43. The van der Waals surface area contributed by atoms with Crippen LogP contribution in [0.15, 0.2) is 59.4 Å². The Labute approximate surface area is 182 Å². The Morgan fingerprint density at radius 3 is 2.71 bits per heavy atom. The molecular formula is C23H26N4O3S. The first-order chi connectivity index (χ1) is 15.0. The van der Waals surface area contributed by atoms with E-state index in [2.05, 4.69) is 10.1 Å². The smallest absolute Gasteiger partial charge is 0.259 e. The van der Waals surface area contributed by atoms with Gasteiger partial charge in [-0.3, -0.25) is 4.98 Å². The van der Waals surface area contributed by atoms with E-state index < -0.39 is 15.4 Å². The van der Waals surface area contributed by atoms with Crippen molar-refractivity contribution < 1.29 is 12.9 Å². The first-order valence-electron chi connectivity index (χ1n) is 10.8. The minimum absolute atomic E-state index is 0.0144. The van der Waals surface area contributed by atoms with Gasteiger partial charge < -0.3 is 4.52 Å². The molecule has 2 fully saturated rings. The fourth-order valence-corrected chi connectivity index (χ4v) is 6.21. The molecule has 0 radical (unpaired) electrons. The summed E-state index contributed by atoms with van der Waals surface area (Å²) in [5.41, 5.74) is 1.17. The third-order valence-electron chi connectivity index (χ3n) is 6.31. The summed E-state index contributed by atoms with van der Waals surface area (Å²) in [6, 6.07) is 13.1. The second-order valence-electron chi connectivity index (χ2n) is 8.77. The van der Waals surface area contributed by atoms with Crippen LogP contribution in [-0.2, 0) is 21.2 Å². The Kier molecular flexibility index (Phi) is 5.35. The molecule has 0 amide bonds. The molecule has 7 nitrogen and oxygen atoms in total. The van der Waals surface area contributed by atoms with Gasteiger partial charge in [0.25, 0.3) is 5.89 Å². The van der Waals surface area contributed by atoms with E-state index in [1.165, 1.54) is 12.8 Å². The molecule has 1 saturated heterocycles. The Morgan fingerprint density at radius 1 is 1.13 bits per heavy atom. The lowest BCUT2D eigenvalue weighted by atomic mass is 9.75. The number of nitrogens with zero attached hydrogens (tertiary/aromatic N) is 4. The van der Waals surface area contributed by atoms with Gasteiger partial charge in [-0.15, -0.1) is 0 Å². The van der Waals surface area contributed by atoms with Gasteiger partial charge in [0.05, 0.1) is 11.3 Å². The average molecular weight is 439 g/mol. The van der Waals surface area contributed by atoms with Crippen LogP contribution in [0, 0.1) is 5.92 Å².